The number of ether oxygens (including phenoxy) is 2. The first-order valence-electron chi connectivity index (χ1n) is 10.6. The molecule has 6 nitrogen and oxygen atoms in total. The smallest absolute Gasteiger partial charge is 0.338 e. The summed E-state index contributed by atoms with van der Waals surface area (Å²) in [6, 6.07) is 15.5. The Morgan fingerprint density at radius 1 is 0.722 bits per heavy atom. The highest BCUT2D eigenvalue weighted by atomic mass is 32.2. The molecule has 0 aliphatic rings. The number of nitriles is 2. The molecule has 0 spiro atoms. The molecule has 0 saturated carbocycles. The number of hydrogen-bond acceptors (Lipinski definition) is 8. The van der Waals surface area contributed by atoms with E-state index in [-0.39, 0.29) is 45.3 Å². The van der Waals surface area contributed by atoms with Crippen LogP contribution in [0.5, 0.6) is 0 Å². The van der Waals surface area contributed by atoms with Gasteiger partial charge in [0, 0.05) is 9.79 Å². The number of carbonyl (C=O) groups is 2. The monoisotopic (exact) mass is 524 g/mol. The minimum atomic E-state index is -1.27. The predicted molar refractivity (Wildman–Crippen MR) is 129 cm³/mol. The van der Waals surface area contributed by atoms with Gasteiger partial charge in [-0.05, 0) is 62.4 Å². The van der Waals surface area contributed by atoms with E-state index in [1.165, 1.54) is 48.5 Å². The fraction of sp³-hybridized carbons (Fsp3) is 0.154. The molecule has 0 atom stereocenters. The molecule has 0 amide bonds. The maximum atomic E-state index is 15.2. The van der Waals surface area contributed by atoms with Crippen LogP contribution in [0.25, 0.3) is 0 Å². The van der Waals surface area contributed by atoms with Gasteiger partial charge in [0.05, 0.1) is 45.3 Å². The van der Waals surface area contributed by atoms with E-state index in [1.54, 1.807) is 13.8 Å². The van der Waals surface area contributed by atoms with Gasteiger partial charge >= 0.3 is 11.9 Å². The molecular formula is C26H18F2N2O4S2. The van der Waals surface area contributed by atoms with Gasteiger partial charge in [-0.15, -0.1) is 0 Å². The third kappa shape index (κ3) is 5.85. The average Bonchev–Trinajstić information content (AvgIpc) is 2.89. The van der Waals surface area contributed by atoms with Crippen LogP contribution in [0.1, 0.15) is 45.7 Å². The minimum Gasteiger partial charge on any atom is -0.462 e. The lowest BCUT2D eigenvalue weighted by molar-refractivity contribution is 0.0516. The second kappa shape index (κ2) is 12.2. The van der Waals surface area contributed by atoms with Gasteiger partial charge in [0.1, 0.15) is 12.1 Å². The van der Waals surface area contributed by atoms with Crippen molar-refractivity contribution in [3.63, 3.8) is 0 Å². The molecule has 10 heteroatoms. The number of benzene rings is 3. The lowest BCUT2D eigenvalue weighted by atomic mass is 10.1. The molecule has 36 heavy (non-hydrogen) atoms. The highest BCUT2D eigenvalue weighted by Gasteiger charge is 2.26. The van der Waals surface area contributed by atoms with Crippen LogP contribution in [0.3, 0.4) is 0 Å². The van der Waals surface area contributed by atoms with Gasteiger partial charge in [0.25, 0.3) is 0 Å². The van der Waals surface area contributed by atoms with Crippen molar-refractivity contribution in [1.29, 1.82) is 10.5 Å². The summed E-state index contributed by atoms with van der Waals surface area (Å²) in [4.78, 5) is 23.8. The molecular weight excluding hydrogens is 506 g/mol. The molecule has 0 unspecified atom stereocenters. The van der Waals surface area contributed by atoms with Crippen molar-refractivity contribution >= 4 is 35.5 Å². The van der Waals surface area contributed by atoms with Crippen molar-refractivity contribution in [2.75, 3.05) is 13.2 Å². The van der Waals surface area contributed by atoms with Gasteiger partial charge in [-0.3, -0.25) is 0 Å². The number of nitrogens with zero attached hydrogens (tertiary/aromatic N) is 2. The van der Waals surface area contributed by atoms with E-state index in [0.717, 1.165) is 23.5 Å². The molecule has 0 aromatic heterocycles. The van der Waals surface area contributed by atoms with Gasteiger partial charge in [-0.2, -0.15) is 10.5 Å². The van der Waals surface area contributed by atoms with Crippen molar-refractivity contribution in [3.8, 4) is 12.1 Å². The Hall–Kier alpha value is -3.86. The molecule has 0 bridgehead atoms. The van der Waals surface area contributed by atoms with Gasteiger partial charge in [-0.1, -0.05) is 23.5 Å². The molecule has 0 saturated heterocycles. The second-order valence-electron chi connectivity index (χ2n) is 6.95. The Bertz CT molecular complexity index is 1270. The first kappa shape index (κ1) is 26.7. The van der Waals surface area contributed by atoms with Gasteiger partial charge in [-0.25, -0.2) is 18.4 Å². The summed E-state index contributed by atoms with van der Waals surface area (Å²) in [6.07, 6.45) is 0. The van der Waals surface area contributed by atoms with Crippen molar-refractivity contribution in [3.05, 3.63) is 82.4 Å². The van der Waals surface area contributed by atoms with E-state index in [1.807, 2.05) is 12.1 Å². The molecule has 0 radical (unpaired) electrons. The standard InChI is InChI=1S/C26H18F2N2O4S2/c1-3-33-25(31)15-5-9-17(10-6-15)35-23-19(13-29)20(14-30)24(22(28)21(23)27)36-18-11-7-16(8-12-18)26(32)34-4-2/h5-12H,3-4H2,1-2H3. The fourth-order valence-corrected chi connectivity index (χ4v) is 4.91. The van der Waals surface area contributed by atoms with Crippen molar-refractivity contribution in [2.24, 2.45) is 0 Å². The van der Waals surface area contributed by atoms with Crippen LogP contribution >= 0.6 is 23.5 Å². The summed E-state index contributed by atoms with van der Waals surface area (Å²) in [5, 5.41) is 19.4. The van der Waals surface area contributed by atoms with E-state index in [2.05, 4.69) is 0 Å². The SMILES string of the molecule is CCOC(=O)c1ccc(Sc2c(F)c(F)c(Sc3ccc(C(=O)OCC)cc3)c(C#N)c2C#N)cc1. The number of carbonyl (C=O) groups excluding carboxylic acids is 2. The number of halogens is 2. The number of rotatable bonds is 8. The first-order chi connectivity index (χ1) is 17.3. The normalized spacial score (nSPS) is 10.3. The molecule has 0 aliphatic carbocycles. The van der Waals surface area contributed by atoms with Crippen molar-refractivity contribution < 1.29 is 27.8 Å². The van der Waals surface area contributed by atoms with Gasteiger partial charge in [0.2, 0.25) is 0 Å². The van der Waals surface area contributed by atoms with Crippen LogP contribution in [-0.2, 0) is 9.47 Å². The van der Waals surface area contributed by atoms with Gasteiger partial charge < -0.3 is 9.47 Å². The molecule has 0 N–H and O–H groups in total. The number of esters is 2. The highest BCUT2D eigenvalue weighted by Crippen LogP contribution is 2.42. The predicted octanol–water partition coefficient (Wildman–Crippen LogP) is 6.36. The van der Waals surface area contributed by atoms with Crippen LogP contribution < -0.4 is 0 Å². The third-order valence-corrected chi connectivity index (χ3v) is 6.88. The first-order valence-corrected chi connectivity index (χ1v) is 12.2. The van der Waals surface area contributed by atoms with Crippen molar-refractivity contribution in [1.82, 2.24) is 0 Å². The van der Waals surface area contributed by atoms with E-state index >= 15 is 8.78 Å². The summed E-state index contributed by atoms with van der Waals surface area (Å²) in [5.74, 6) is -3.58. The Kier molecular flexibility index (Phi) is 9.07. The zero-order chi connectivity index (χ0) is 26.2. The Labute approximate surface area is 214 Å². The minimum absolute atomic E-state index is 0.211. The third-order valence-electron chi connectivity index (χ3n) is 4.69. The maximum Gasteiger partial charge on any atom is 0.338 e. The van der Waals surface area contributed by atoms with Crippen LogP contribution in [0.2, 0.25) is 0 Å². The van der Waals surface area contributed by atoms with Crippen LogP contribution in [0, 0.1) is 34.3 Å². The van der Waals surface area contributed by atoms with Crippen molar-refractivity contribution in [2.45, 2.75) is 33.4 Å². The zero-order valence-corrected chi connectivity index (χ0v) is 20.8. The molecule has 3 aromatic rings. The summed E-state index contributed by atoms with van der Waals surface area (Å²) in [6.45, 7) is 3.77. The Morgan fingerprint density at radius 2 is 1.06 bits per heavy atom. The molecule has 182 valence electrons. The zero-order valence-electron chi connectivity index (χ0n) is 19.1. The molecule has 3 aromatic carbocycles. The van der Waals surface area contributed by atoms with Crippen LogP contribution in [0.4, 0.5) is 8.78 Å². The average molecular weight is 525 g/mol. The molecule has 0 heterocycles. The topological polar surface area (TPSA) is 100 Å². The molecule has 3 rings (SSSR count). The molecule has 0 fully saturated rings. The Morgan fingerprint density at radius 3 is 1.33 bits per heavy atom. The summed E-state index contributed by atoms with van der Waals surface area (Å²) in [5.41, 5.74) is -0.0402. The van der Waals surface area contributed by atoms with Crippen LogP contribution in [-0.4, -0.2) is 25.2 Å². The lowest BCUT2D eigenvalue weighted by Gasteiger charge is -2.13. The quantitative estimate of drug-likeness (QED) is 0.314. The highest BCUT2D eigenvalue weighted by molar-refractivity contribution is 8.00. The summed E-state index contributed by atoms with van der Waals surface area (Å²) < 4.78 is 40.2. The van der Waals surface area contributed by atoms with E-state index in [4.69, 9.17) is 9.47 Å². The van der Waals surface area contributed by atoms with E-state index in [9.17, 15) is 20.1 Å². The second-order valence-corrected chi connectivity index (χ2v) is 9.12. The largest absolute Gasteiger partial charge is 0.462 e. The van der Waals surface area contributed by atoms with E-state index in [0.29, 0.717) is 9.79 Å². The number of hydrogen-bond donors (Lipinski definition) is 0. The van der Waals surface area contributed by atoms with Crippen LogP contribution in [0.15, 0.2) is 68.1 Å². The van der Waals surface area contributed by atoms with Gasteiger partial charge in [0.15, 0.2) is 11.6 Å². The lowest BCUT2D eigenvalue weighted by Crippen LogP contribution is -2.04. The fourth-order valence-electron chi connectivity index (χ4n) is 3.03. The Balaban J connectivity index is 1.96. The summed E-state index contributed by atoms with van der Waals surface area (Å²) >= 11 is 1.53. The molecule has 0 aliphatic heterocycles. The maximum absolute atomic E-state index is 15.2. The summed E-state index contributed by atoms with van der Waals surface area (Å²) in [7, 11) is 0. The van der Waals surface area contributed by atoms with E-state index < -0.39 is 23.6 Å².